The second-order valence-corrected chi connectivity index (χ2v) is 6.74. The molecule has 0 radical (unpaired) electrons. The molecule has 1 saturated heterocycles. The van der Waals surface area contributed by atoms with Crippen LogP contribution in [0.3, 0.4) is 0 Å². The number of nitrogens with zero attached hydrogens (tertiary/aromatic N) is 1. The van der Waals surface area contributed by atoms with E-state index in [1.807, 2.05) is 47.4 Å². The molecular formula is C21H26N2O2. The van der Waals surface area contributed by atoms with Gasteiger partial charge in [0.1, 0.15) is 0 Å². The first-order valence-corrected chi connectivity index (χ1v) is 9.25. The van der Waals surface area contributed by atoms with Crippen LogP contribution in [-0.4, -0.2) is 36.3 Å². The number of carbonyl (C=O) groups is 2. The average molecular weight is 338 g/mol. The fourth-order valence-electron chi connectivity index (χ4n) is 3.46. The van der Waals surface area contributed by atoms with E-state index in [1.165, 1.54) is 0 Å². The Hall–Kier alpha value is -2.36. The predicted molar refractivity (Wildman–Crippen MR) is 100 cm³/mol. The molecule has 0 unspecified atom stereocenters. The van der Waals surface area contributed by atoms with E-state index in [4.69, 9.17) is 0 Å². The van der Waals surface area contributed by atoms with Gasteiger partial charge in [-0.1, -0.05) is 49.7 Å². The summed E-state index contributed by atoms with van der Waals surface area (Å²) in [5.41, 5.74) is 0.754. The summed E-state index contributed by atoms with van der Waals surface area (Å²) < 4.78 is 0. The third-order valence-electron chi connectivity index (χ3n) is 5.00. The standard InChI is InChI=1S/C21H26N2O2/c1-2-3-13-22-20(24)17-11-14-23(15-12-17)21(25)19-10-6-8-16-7-4-5-9-18(16)19/h4-10,17H,2-3,11-15H2,1H3,(H,22,24). The summed E-state index contributed by atoms with van der Waals surface area (Å²) in [6.07, 6.45) is 3.59. The molecule has 25 heavy (non-hydrogen) atoms. The number of benzene rings is 2. The summed E-state index contributed by atoms with van der Waals surface area (Å²) in [4.78, 5) is 27.0. The Morgan fingerprint density at radius 3 is 2.56 bits per heavy atom. The molecule has 1 heterocycles. The number of carbonyl (C=O) groups excluding carboxylic acids is 2. The van der Waals surface area contributed by atoms with Crippen molar-refractivity contribution in [2.45, 2.75) is 32.6 Å². The van der Waals surface area contributed by atoms with E-state index < -0.39 is 0 Å². The van der Waals surface area contributed by atoms with Crippen LogP contribution in [0.25, 0.3) is 10.8 Å². The molecule has 1 N–H and O–H groups in total. The number of likely N-dealkylation sites (tertiary alicyclic amines) is 1. The topological polar surface area (TPSA) is 49.4 Å². The molecule has 4 heteroatoms. The molecule has 0 aliphatic carbocycles. The Kier molecular flexibility index (Phi) is 5.69. The van der Waals surface area contributed by atoms with Crippen LogP contribution in [0.1, 0.15) is 43.0 Å². The maximum atomic E-state index is 12.9. The number of amides is 2. The van der Waals surface area contributed by atoms with Crippen LogP contribution in [0.15, 0.2) is 42.5 Å². The van der Waals surface area contributed by atoms with Gasteiger partial charge >= 0.3 is 0 Å². The largest absolute Gasteiger partial charge is 0.356 e. The summed E-state index contributed by atoms with van der Waals surface area (Å²) >= 11 is 0. The summed E-state index contributed by atoms with van der Waals surface area (Å²) in [7, 11) is 0. The third-order valence-corrected chi connectivity index (χ3v) is 5.00. The molecule has 0 bridgehead atoms. The molecule has 2 aromatic rings. The van der Waals surface area contributed by atoms with Gasteiger partial charge in [-0.2, -0.15) is 0 Å². The molecular weight excluding hydrogens is 312 g/mol. The normalized spacial score (nSPS) is 15.3. The zero-order valence-corrected chi connectivity index (χ0v) is 14.8. The summed E-state index contributed by atoms with van der Waals surface area (Å²) in [6, 6.07) is 13.8. The lowest BCUT2D eigenvalue weighted by Crippen LogP contribution is -2.43. The van der Waals surface area contributed by atoms with Gasteiger partial charge in [-0.25, -0.2) is 0 Å². The van der Waals surface area contributed by atoms with Gasteiger partial charge in [0.05, 0.1) is 0 Å². The number of hydrogen-bond donors (Lipinski definition) is 1. The number of piperidine rings is 1. The highest BCUT2D eigenvalue weighted by atomic mass is 16.2. The van der Waals surface area contributed by atoms with E-state index in [-0.39, 0.29) is 17.7 Å². The monoisotopic (exact) mass is 338 g/mol. The van der Waals surface area contributed by atoms with Crippen molar-refractivity contribution in [2.24, 2.45) is 5.92 Å². The second kappa shape index (κ2) is 8.15. The minimum atomic E-state index is 0.0356. The number of rotatable bonds is 5. The predicted octanol–water partition coefficient (Wildman–Crippen LogP) is 3.61. The highest BCUT2D eigenvalue weighted by Gasteiger charge is 2.28. The SMILES string of the molecule is CCCCNC(=O)C1CCN(C(=O)c2cccc3ccccc23)CC1. The van der Waals surface area contributed by atoms with E-state index in [2.05, 4.69) is 12.2 Å². The number of hydrogen-bond acceptors (Lipinski definition) is 2. The van der Waals surface area contributed by atoms with Gasteiger partial charge < -0.3 is 10.2 Å². The first-order valence-electron chi connectivity index (χ1n) is 9.25. The van der Waals surface area contributed by atoms with Crippen LogP contribution in [-0.2, 0) is 4.79 Å². The van der Waals surface area contributed by atoms with Gasteiger partial charge in [-0.05, 0) is 36.1 Å². The Bertz CT molecular complexity index is 743. The molecule has 1 fully saturated rings. The number of unbranched alkanes of at least 4 members (excludes halogenated alkanes) is 1. The van der Waals surface area contributed by atoms with Crippen molar-refractivity contribution in [3.05, 3.63) is 48.0 Å². The van der Waals surface area contributed by atoms with Crippen molar-refractivity contribution in [3.63, 3.8) is 0 Å². The minimum absolute atomic E-state index is 0.0356. The Balaban J connectivity index is 1.62. The van der Waals surface area contributed by atoms with Gasteiger partial charge in [0.2, 0.25) is 5.91 Å². The molecule has 4 nitrogen and oxygen atoms in total. The maximum Gasteiger partial charge on any atom is 0.254 e. The average Bonchev–Trinajstić information content (AvgIpc) is 2.67. The van der Waals surface area contributed by atoms with Gasteiger partial charge in [-0.15, -0.1) is 0 Å². The molecule has 132 valence electrons. The van der Waals surface area contributed by atoms with Crippen molar-refractivity contribution in [3.8, 4) is 0 Å². The zero-order chi connectivity index (χ0) is 17.6. The molecule has 2 aromatic carbocycles. The smallest absolute Gasteiger partial charge is 0.254 e. The van der Waals surface area contributed by atoms with E-state index in [1.54, 1.807) is 0 Å². The van der Waals surface area contributed by atoms with Crippen molar-refractivity contribution in [1.29, 1.82) is 0 Å². The van der Waals surface area contributed by atoms with Gasteiger partial charge in [-0.3, -0.25) is 9.59 Å². The zero-order valence-electron chi connectivity index (χ0n) is 14.8. The lowest BCUT2D eigenvalue weighted by molar-refractivity contribution is -0.126. The van der Waals surface area contributed by atoms with Crippen molar-refractivity contribution in [2.75, 3.05) is 19.6 Å². The van der Waals surface area contributed by atoms with Crippen LogP contribution < -0.4 is 5.32 Å². The molecule has 1 aliphatic rings. The molecule has 1 aliphatic heterocycles. The van der Waals surface area contributed by atoms with Crippen LogP contribution in [0.4, 0.5) is 0 Å². The van der Waals surface area contributed by atoms with Crippen LogP contribution in [0.5, 0.6) is 0 Å². The summed E-state index contributed by atoms with van der Waals surface area (Å²) in [5.74, 6) is 0.251. The molecule has 0 saturated carbocycles. The lowest BCUT2D eigenvalue weighted by Gasteiger charge is -2.31. The van der Waals surface area contributed by atoms with E-state index >= 15 is 0 Å². The number of nitrogens with one attached hydrogen (secondary N) is 1. The third kappa shape index (κ3) is 4.01. The van der Waals surface area contributed by atoms with Gasteiger partial charge in [0, 0.05) is 31.1 Å². The fraction of sp³-hybridized carbons (Fsp3) is 0.429. The first-order chi connectivity index (χ1) is 12.2. The second-order valence-electron chi connectivity index (χ2n) is 6.74. The fourth-order valence-corrected chi connectivity index (χ4v) is 3.46. The highest BCUT2D eigenvalue weighted by molar-refractivity contribution is 6.07. The Labute approximate surface area is 149 Å². The molecule has 2 amide bonds. The summed E-state index contributed by atoms with van der Waals surface area (Å²) in [5, 5.41) is 5.09. The highest BCUT2D eigenvalue weighted by Crippen LogP contribution is 2.23. The van der Waals surface area contributed by atoms with Crippen LogP contribution >= 0.6 is 0 Å². The molecule has 0 spiro atoms. The van der Waals surface area contributed by atoms with Crippen LogP contribution in [0.2, 0.25) is 0 Å². The first kappa shape index (κ1) is 17.5. The van der Waals surface area contributed by atoms with E-state index in [0.717, 1.165) is 48.6 Å². The van der Waals surface area contributed by atoms with Gasteiger partial charge in [0.15, 0.2) is 0 Å². The van der Waals surface area contributed by atoms with Gasteiger partial charge in [0.25, 0.3) is 5.91 Å². The summed E-state index contributed by atoms with van der Waals surface area (Å²) in [6.45, 7) is 4.16. The number of fused-ring (bicyclic) bond motifs is 1. The Morgan fingerprint density at radius 1 is 1.08 bits per heavy atom. The molecule has 3 rings (SSSR count). The minimum Gasteiger partial charge on any atom is -0.356 e. The van der Waals surface area contributed by atoms with Crippen molar-refractivity contribution < 1.29 is 9.59 Å². The quantitative estimate of drug-likeness (QED) is 0.847. The lowest BCUT2D eigenvalue weighted by atomic mass is 9.94. The van der Waals surface area contributed by atoms with Crippen LogP contribution in [0, 0.1) is 5.92 Å². The molecule has 0 aromatic heterocycles. The molecule has 0 atom stereocenters. The van der Waals surface area contributed by atoms with Crippen molar-refractivity contribution in [1.82, 2.24) is 10.2 Å². The van der Waals surface area contributed by atoms with E-state index in [0.29, 0.717) is 13.1 Å². The van der Waals surface area contributed by atoms with E-state index in [9.17, 15) is 9.59 Å². The van der Waals surface area contributed by atoms with Crippen molar-refractivity contribution >= 4 is 22.6 Å². The Morgan fingerprint density at radius 2 is 1.80 bits per heavy atom. The maximum absolute atomic E-state index is 12.9.